The third kappa shape index (κ3) is 6.27. The first-order valence-corrected chi connectivity index (χ1v) is 18.0. The summed E-state index contributed by atoms with van der Waals surface area (Å²) in [5.41, 5.74) is 0. The third-order valence-electron chi connectivity index (χ3n) is 4.83. The van der Waals surface area contributed by atoms with Crippen LogP contribution in [0.2, 0.25) is 63.5 Å². The van der Waals surface area contributed by atoms with Crippen LogP contribution < -0.4 is 0 Å². The van der Waals surface area contributed by atoms with Gasteiger partial charge in [0.25, 0.3) is 0 Å². The summed E-state index contributed by atoms with van der Waals surface area (Å²) in [6.07, 6.45) is 1.41. The second-order valence-electron chi connectivity index (χ2n) is 9.73. The molecule has 0 spiro atoms. The molecular weight excluding hydrogens is 278 g/mol. The quantitative estimate of drug-likeness (QED) is 0.555. The van der Waals surface area contributed by atoms with E-state index in [4.69, 9.17) is 0 Å². The summed E-state index contributed by atoms with van der Waals surface area (Å²) in [6, 6.07) is 1.47. The molecule has 1 nitrogen and oxygen atoms in total. The fraction of sp³-hybridized carbons (Fsp3) is 1.00. The average Bonchev–Trinajstić information content (AvgIpc) is 2.05. The highest BCUT2D eigenvalue weighted by Crippen LogP contribution is 2.39. The maximum absolute atomic E-state index is 2.94. The summed E-state index contributed by atoms with van der Waals surface area (Å²) in [5.74, 6) is 0. The largest absolute Gasteiger partial charge is 0.346 e. The summed E-state index contributed by atoms with van der Waals surface area (Å²) < 4.78 is 2.94. The van der Waals surface area contributed by atoms with Crippen LogP contribution in [-0.4, -0.2) is 35.3 Å². The predicted octanol–water partition coefficient (Wildman–Crippen LogP) is 5.86. The van der Waals surface area contributed by atoms with Crippen molar-refractivity contribution in [2.75, 3.05) is 6.54 Å². The van der Waals surface area contributed by atoms with E-state index in [2.05, 4.69) is 77.4 Å². The van der Waals surface area contributed by atoms with E-state index in [0.29, 0.717) is 5.04 Å². The Morgan fingerprint density at radius 1 is 0.737 bits per heavy atom. The first kappa shape index (κ1) is 19.6. The van der Waals surface area contributed by atoms with Crippen LogP contribution in [0.5, 0.6) is 0 Å². The Bertz CT molecular complexity index is 265. The fourth-order valence-corrected chi connectivity index (χ4v) is 14.2. The lowest BCUT2D eigenvalue weighted by Crippen LogP contribution is -2.59. The molecule has 0 aromatic rings. The second-order valence-corrected chi connectivity index (χ2v) is 25.7. The highest BCUT2D eigenvalue weighted by Gasteiger charge is 2.37. The molecule has 0 aliphatic rings. The van der Waals surface area contributed by atoms with Gasteiger partial charge in [-0.2, -0.15) is 0 Å². The summed E-state index contributed by atoms with van der Waals surface area (Å²) in [7, 11) is -3.39. The van der Waals surface area contributed by atoms with Gasteiger partial charge in [0.2, 0.25) is 0 Å². The van der Waals surface area contributed by atoms with Crippen molar-refractivity contribution in [1.82, 2.24) is 4.23 Å². The van der Waals surface area contributed by atoms with Crippen LogP contribution in [-0.2, 0) is 0 Å². The molecule has 0 aliphatic heterocycles. The Kier molecular flexibility index (Phi) is 6.36. The molecule has 116 valence electrons. The van der Waals surface area contributed by atoms with Gasteiger partial charge in [0.15, 0.2) is 0 Å². The molecule has 19 heavy (non-hydrogen) atoms. The number of nitrogens with zero attached hydrogens (tertiary/aromatic N) is 1. The van der Waals surface area contributed by atoms with Crippen LogP contribution in [0.25, 0.3) is 0 Å². The normalized spacial score (nSPS) is 15.2. The van der Waals surface area contributed by atoms with Crippen molar-refractivity contribution in [2.45, 2.75) is 90.7 Å². The van der Waals surface area contributed by atoms with Crippen molar-refractivity contribution < 1.29 is 0 Å². The molecule has 0 N–H and O–H groups in total. The lowest BCUT2D eigenvalue weighted by Gasteiger charge is -2.44. The lowest BCUT2D eigenvalue weighted by atomic mass is 10.2. The van der Waals surface area contributed by atoms with Crippen LogP contribution in [0.1, 0.15) is 27.2 Å². The molecule has 0 aliphatic carbocycles. The smallest absolute Gasteiger partial charge is 0.112 e. The van der Waals surface area contributed by atoms with E-state index in [1.54, 1.807) is 0 Å². The minimum atomic E-state index is -1.15. The van der Waals surface area contributed by atoms with Crippen molar-refractivity contribution in [2.24, 2.45) is 0 Å². The first-order valence-electron chi connectivity index (χ1n) is 7.87. The third-order valence-corrected chi connectivity index (χ3v) is 18.2. The van der Waals surface area contributed by atoms with Gasteiger partial charge in [-0.15, -0.1) is 0 Å². The Morgan fingerprint density at radius 3 is 1.37 bits per heavy atom. The summed E-state index contributed by atoms with van der Waals surface area (Å²) >= 11 is 0. The van der Waals surface area contributed by atoms with Gasteiger partial charge in [-0.3, -0.25) is 0 Å². The van der Waals surface area contributed by atoms with Crippen LogP contribution in [0.15, 0.2) is 0 Å². The van der Waals surface area contributed by atoms with E-state index < -0.39 is 24.5 Å². The molecular formula is C15H39NSi3. The van der Waals surface area contributed by atoms with Crippen molar-refractivity contribution in [1.29, 1.82) is 0 Å². The van der Waals surface area contributed by atoms with Gasteiger partial charge in [0.05, 0.1) is 8.07 Å². The summed E-state index contributed by atoms with van der Waals surface area (Å²) in [6.45, 7) is 28.9. The van der Waals surface area contributed by atoms with Gasteiger partial charge in [-0.1, -0.05) is 79.2 Å². The zero-order valence-electron chi connectivity index (χ0n) is 15.6. The zero-order valence-corrected chi connectivity index (χ0v) is 18.6. The van der Waals surface area contributed by atoms with Gasteiger partial charge < -0.3 is 4.23 Å². The zero-order chi connectivity index (χ0) is 15.7. The molecule has 0 radical (unpaired) electrons. The minimum Gasteiger partial charge on any atom is -0.346 e. The van der Waals surface area contributed by atoms with E-state index in [1.807, 2.05) is 0 Å². The molecule has 0 bridgehead atoms. The predicted molar refractivity (Wildman–Crippen MR) is 100 cm³/mol. The highest BCUT2D eigenvalue weighted by atomic mass is 28.4. The molecule has 0 amide bonds. The van der Waals surface area contributed by atoms with Crippen LogP contribution >= 0.6 is 0 Å². The standard InChI is InChI=1S/C15H39NSi3/c1-15(2,3)19(10,11)14-12-13-16(17(4,5)6)18(7,8)9/h12-14H2,1-11H3. The van der Waals surface area contributed by atoms with Gasteiger partial charge >= 0.3 is 0 Å². The lowest BCUT2D eigenvalue weighted by molar-refractivity contribution is 0.592. The molecule has 0 saturated heterocycles. The Hall–Kier alpha value is 0.611. The van der Waals surface area contributed by atoms with Crippen molar-refractivity contribution in [3.63, 3.8) is 0 Å². The molecule has 4 heteroatoms. The molecule has 0 atom stereocenters. The average molecular weight is 318 g/mol. The van der Waals surface area contributed by atoms with Gasteiger partial charge in [-0.05, 0) is 18.0 Å². The molecule has 0 fully saturated rings. The maximum Gasteiger partial charge on any atom is 0.112 e. The number of hydrogen-bond acceptors (Lipinski definition) is 1. The van der Waals surface area contributed by atoms with Crippen molar-refractivity contribution in [3.05, 3.63) is 0 Å². The molecule has 0 saturated carbocycles. The van der Waals surface area contributed by atoms with Crippen molar-refractivity contribution >= 4 is 24.5 Å². The van der Waals surface area contributed by atoms with Crippen molar-refractivity contribution in [3.8, 4) is 0 Å². The van der Waals surface area contributed by atoms with E-state index in [0.717, 1.165) is 0 Å². The maximum atomic E-state index is 2.94. The Morgan fingerprint density at radius 2 is 1.11 bits per heavy atom. The number of rotatable bonds is 6. The first-order chi connectivity index (χ1) is 8.09. The van der Waals surface area contributed by atoms with Gasteiger partial charge in [0.1, 0.15) is 16.5 Å². The van der Waals surface area contributed by atoms with E-state index >= 15 is 0 Å². The van der Waals surface area contributed by atoms with Gasteiger partial charge in [0, 0.05) is 0 Å². The van der Waals surface area contributed by atoms with Gasteiger partial charge in [-0.25, -0.2) is 0 Å². The monoisotopic (exact) mass is 317 g/mol. The van der Waals surface area contributed by atoms with Crippen LogP contribution in [0.4, 0.5) is 0 Å². The molecule has 0 heterocycles. The Balaban J connectivity index is 4.62. The van der Waals surface area contributed by atoms with E-state index in [-0.39, 0.29) is 0 Å². The fourth-order valence-electron chi connectivity index (χ4n) is 2.73. The SMILES string of the molecule is CC(C)(C)[Si](C)(C)CCCN([Si](C)(C)C)[Si](C)(C)C. The molecule has 0 unspecified atom stereocenters. The Labute approximate surface area is 126 Å². The number of hydrogen-bond donors (Lipinski definition) is 0. The second kappa shape index (κ2) is 6.16. The topological polar surface area (TPSA) is 3.24 Å². The molecule has 0 aromatic carbocycles. The van der Waals surface area contributed by atoms with E-state index in [9.17, 15) is 0 Å². The van der Waals surface area contributed by atoms with E-state index in [1.165, 1.54) is 19.0 Å². The molecule has 0 aromatic heterocycles. The molecule has 0 rings (SSSR count). The minimum absolute atomic E-state index is 0.538. The van der Waals surface area contributed by atoms with Crippen LogP contribution in [0.3, 0.4) is 0 Å². The summed E-state index contributed by atoms with van der Waals surface area (Å²) in [5, 5.41) is 0.538. The van der Waals surface area contributed by atoms with Crippen LogP contribution in [0, 0.1) is 0 Å². The summed E-state index contributed by atoms with van der Waals surface area (Å²) in [4.78, 5) is 0. The highest BCUT2D eigenvalue weighted by molar-refractivity contribution is 6.89.